The molecule has 0 aliphatic carbocycles. The van der Waals surface area contributed by atoms with Crippen LogP contribution in [0.25, 0.3) is 0 Å². The Balaban J connectivity index is 1.58. The zero-order valence-electron chi connectivity index (χ0n) is 10.4. The van der Waals surface area contributed by atoms with Crippen molar-refractivity contribution in [1.29, 1.82) is 0 Å². The van der Waals surface area contributed by atoms with Gasteiger partial charge in [0.05, 0.1) is 0 Å². The first-order chi connectivity index (χ1) is 8.34. The summed E-state index contributed by atoms with van der Waals surface area (Å²) in [6, 6.07) is 4.73. The van der Waals surface area contributed by atoms with Crippen molar-refractivity contribution in [3.05, 3.63) is 22.4 Å². The van der Waals surface area contributed by atoms with E-state index in [1.165, 1.54) is 37.0 Å². The molecule has 2 heterocycles. The van der Waals surface area contributed by atoms with E-state index in [-0.39, 0.29) is 0 Å². The molecular formula is C14H23NOS. The van der Waals surface area contributed by atoms with Crippen LogP contribution in [0.2, 0.25) is 0 Å². The summed E-state index contributed by atoms with van der Waals surface area (Å²) in [5, 5.41) is 2.15. The maximum atomic E-state index is 6.21. The molecule has 17 heavy (non-hydrogen) atoms. The summed E-state index contributed by atoms with van der Waals surface area (Å²) in [4.78, 5) is 1.49. The summed E-state index contributed by atoms with van der Waals surface area (Å²) in [7, 11) is 0. The normalized spacial score (nSPS) is 19.4. The third kappa shape index (κ3) is 4.78. The zero-order valence-corrected chi connectivity index (χ0v) is 11.3. The first-order valence-corrected chi connectivity index (χ1v) is 7.58. The number of ether oxygens (including phenoxy) is 1. The Hall–Kier alpha value is -0.380. The van der Waals surface area contributed by atoms with E-state index >= 15 is 0 Å². The fourth-order valence-electron chi connectivity index (χ4n) is 2.52. The molecule has 3 heteroatoms. The predicted octanol–water partition coefficient (Wildman–Crippen LogP) is 3.21. The lowest BCUT2D eigenvalue weighted by Crippen LogP contribution is -2.27. The molecule has 2 rings (SSSR count). The Morgan fingerprint density at radius 3 is 2.94 bits per heavy atom. The Kier molecular flexibility index (Phi) is 5.49. The second-order valence-corrected chi connectivity index (χ2v) is 6.06. The Morgan fingerprint density at radius 2 is 2.24 bits per heavy atom. The Bertz CT molecular complexity index is 293. The molecule has 1 aromatic rings. The van der Waals surface area contributed by atoms with E-state index in [1.54, 1.807) is 0 Å². The summed E-state index contributed by atoms with van der Waals surface area (Å²) in [5.74, 6) is 0.806. The van der Waals surface area contributed by atoms with E-state index in [9.17, 15) is 0 Å². The van der Waals surface area contributed by atoms with E-state index in [0.717, 1.165) is 25.6 Å². The second kappa shape index (κ2) is 7.14. The third-order valence-corrected chi connectivity index (χ3v) is 4.49. The minimum atomic E-state index is 0.387. The maximum Gasteiger partial charge on any atom is 0.0468 e. The summed E-state index contributed by atoms with van der Waals surface area (Å²) < 4.78 is 5.37. The van der Waals surface area contributed by atoms with Gasteiger partial charge in [-0.05, 0) is 55.9 Å². The molecule has 0 saturated carbocycles. The lowest BCUT2D eigenvalue weighted by molar-refractivity contribution is 0.0615. The fraction of sp³-hybridized carbons (Fsp3) is 0.714. The van der Waals surface area contributed by atoms with Gasteiger partial charge >= 0.3 is 0 Å². The van der Waals surface area contributed by atoms with Crippen LogP contribution >= 0.6 is 11.3 Å². The zero-order chi connectivity index (χ0) is 11.9. The molecule has 0 radical (unpaired) electrons. The van der Waals surface area contributed by atoms with Gasteiger partial charge in [-0.2, -0.15) is 0 Å². The van der Waals surface area contributed by atoms with Crippen molar-refractivity contribution < 1.29 is 4.74 Å². The number of hydrogen-bond acceptors (Lipinski definition) is 3. The largest absolute Gasteiger partial charge is 0.381 e. The molecule has 1 atom stereocenters. The van der Waals surface area contributed by atoms with Gasteiger partial charge in [-0.15, -0.1) is 11.3 Å². The van der Waals surface area contributed by atoms with Crippen molar-refractivity contribution in [1.82, 2.24) is 0 Å². The molecule has 1 aliphatic rings. The van der Waals surface area contributed by atoms with Crippen LogP contribution in [-0.4, -0.2) is 19.3 Å². The number of rotatable bonds is 6. The average molecular weight is 253 g/mol. The van der Waals surface area contributed by atoms with Gasteiger partial charge in [0, 0.05) is 24.1 Å². The molecule has 0 spiro atoms. The number of nitrogens with two attached hydrogens (primary N) is 1. The monoisotopic (exact) mass is 253 g/mol. The number of thiophene rings is 1. The highest BCUT2D eigenvalue weighted by atomic mass is 32.1. The Labute approximate surface area is 108 Å². The molecule has 1 aliphatic heterocycles. The smallest absolute Gasteiger partial charge is 0.0468 e. The van der Waals surface area contributed by atoms with Crippen molar-refractivity contribution in [2.75, 3.05) is 13.2 Å². The molecule has 1 aromatic heterocycles. The second-order valence-electron chi connectivity index (χ2n) is 5.02. The lowest BCUT2D eigenvalue weighted by atomic mass is 9.91. The van der Waals surface area contributed by atoms with E-state index in [1.807, 2.05) is 11.3 Å². The van der Waals surface area contributed by atoms with Crippen LogP contribution in [0, 0.1) is 5.92 Å². The van der Waals surface area contributed by atoms with Crippen LogP contribution in [0.15, 0.2) is 17.5 Å². The predicted molar refractivity (Wildman–Crippen MR) is 73.4 cm³/mol. The minimum Gasteiger partial charge on any atom is -0.381 e. The highest BCUT2D eigenvalue weighted by Crippen LogP contribution is 2.21. The van der Waals surface area contributed by atoms with Gasteiger partial charge in [0.15, 0.2) is 0 Å². The van der Waals surface area contributed by atoms with Crippen molar-refractivity contribution in [3.8, 4) is 0 Å². The van der Waals surface area contributed by atoms with Crippen molar-refractivity contribution in [2.24, 2.45) is 11.7 Å². The molecule has 0 bridgehead atoms. The summed E-state index contributed by atoms with van der Waals surface area (Å²) in [6.07, 6.45) is 7.18. The summed E-state index contributed by atoms with van der Waals surface area (Å²) in [6.45, 7) is 1.87. The fourth-order valence-corrected chi connectivity index (χ4v) is 3.27. The Morgan fingerprint density at radius 1 is 1.41 bits per heavy atom. The quantitative estimate of drug-likeness (QED) is 0.845. The van der Waals surface area contributed by atoms with E-state index in [2.05, 4.69) is 17.5 Å². The van der Waals surface area contributed by atoms with Crippen LogP contribution in [0.3, 0.4) is 0 Å². The minimum absolute atomic E-state index is 0.387. The summed E-state index contributed by atoms with van der Waals surface area (Å²) >= 11 is 1.85. The van der Waals surface area contributed by atoms with E-state index in [4.69, 9.17) is 10.5 Å². The highest BCUT2D eigenvalue weighted by Gasteiger charge is 2.16. The van der Waals surface area contributed by atoms with Crippen LogP contribution in [0.5, 0.6) is 0 Å². The molecule has 1 fully saturated rings. The third-order valence-electron chi connectivity index (χ3n) is 3.56. The van der Waals surface area contributed by atoms with E-state index in [0.29, 0.717) is 6.04 Å². The first kappa shape index (κ1) is 13.1. The van der Waals surface area contributed by atoms with Crippen LogP contribution in [0.1, 0.15) is 37.0 Å². The number of hydrogen-bond donors (Lipinski definition) is 1. The van der Waals surface area contributed by atoms with E-state index < -0.39 is 0 Å². The molecular weight excluding hydrogens is 230 g/mol. The van der Waals surface area contributed by atoms with Gasteiger partial charge in [-0.3, -0.25) is 0 Å². The highest BCUT2D eigenvalue weighted by molar-refractivity contribution is 7.09. The van der Waals surface area contributed by atoms with Gasteiger partial charge in [-0.25, -0.2) is 0 Å². The molecule has 2 N–H and O–H groups in total. The molecule has 96 valence electrons. The van der Waals surface area contributed by atoms with Gasteiger partial charge in [-0.1, -0.05) is 6.07 Å². The lowest BCUT2D eigenvalue weighted by Gasteiger charge is -2.24. The van der Waals surface area contributed by atoms with Crippen LogP contribution < -0.4 is 5.73 Å². The van der Waals surface area contributed by atoms with Gasteiger partial charge < -0.3 is 10.5 Å². The summed E-state index contributed by atoms with van der Waals surface area (Å²) in [5.41, 5.74) is 6.21. The molecule has 2 nitrogen and oxygen atoms in total. The van der Waals surface area contributed by atoms with Crippen LogP contribution in [-0.2, 0) is 11.2 Å². The van der Waals surface area contributed by atoms with Gasteiger partial charge in [0.1, 0.15) is 0 Å². The molecule has 1 unspecified atom stereocenters. The van der Waals surface area contributed by atoms with Gasteiger partial charge in [0.2, 0.25) is 0 Å². The molecule has 0 aromatic carbocycles. The molecule has 0 amide bonds. The maximum absolute atomic E-state index is 6.21. The standard InChI is InChI=1S/C14H23NOS/c15-13(11-12-6-8-16-9-7-12)3-1-4-14-5-2-10-17-14/h2,5,10,12-13H,1,3-4,6-9,11,15H2. The molecule has 1 saturated heterocycles. The van der Waals surface area contributed by atoms with Crippen molar-refractivity contribution in [3.63, 3.8) is 0 Å². The van der Waals surface area contributed by atoms with Crippen molar-refractivity contribution in [2.45, 2.75) is 44.6 Å². The topological polar surface area (TPSA) is 35.2 Å². The first-order valence-electron chi connectivity index (χ1n) is 6.70. The average Bonchev–Trinajstić information content (AvgIpc) is 2.83. The van der Waals surface area contributed by atoms with Gasteiger partial charge in [0.25, 0.3) is 0 Å². The van der Waals surface area contributed by atoms with Crippen molar-refractivity contribution >= 4 is 11.3 Å². The SMILES string of the molecule is NC(CCCc1cccs1)CC1CCOCC1. The van der Waals surface area contributed by atoms with Crippen LogP contribution in [0.4, 0.5) is 0 Å². The number of aryl methyl sites for hydroxylation is 1.